The van der Waals surface area contributed by atoms with Gasteiger partial charge in [0.15, 0.2) is 10.9 Å². The summed E-state index contributed by atoms with van der Waals surface area (Å²) < 4.78 is 7.03. The van der Waals surface area contributed by atoms with Crippen molar-refractivity contribution in [2.24, 2.45) is 0 Å². The first-order valence-electron chi connectivity index (χ1n) is 9.42. The number of Topliss-reactive ketones (excluding diaryl/α,β-unsaturated/α-hetero) is 1. The van der Waals surface area contributed by atoms with Gasteiger partial charge in [-0.15, -0.1) is 17.9 Å². The van der Waals surface area contributed by atoms with E-state index in [0.717, 1.165) is 16.2 Å². The Labute approximate surface area is 178 Å². The van der Waals surface area contributed by atoms with Gasteiger partial charge in [0.25, 0.3) is 5.56 Å². The summed E-state index contributed by atoms with van der Waals surface area (Å²) in [7, 11) is 0. The predicted molar refractivity (Wildman–Crippen MR) is 121 cm³/mol. The predicted octanol–water partition coefficient (Wildman–Crippen LogP) is 5.02. The van der Waals surface area contributed by atoms with E-state index >= 15 is 0 Å². The Kier molecular flexibility index (Phi) is 6.59. The third-order valence-corrected chi connectivity index (χ3v) is 6.86. The molecule has 152 valence electrons. The van der Waals surface area contributed by atoms with Gasteiger partial charge in [-0.25, -0.2) is 4.98 Å². The molecule has 5 nitrogen and oxygen atoms in total. The van der Waals surface area contributed by atoms with Gasteiger partial charge in [0.2, 0.25) is 0 Å². The molecule has 0 amide bonds. The number of hydrogen-bond donors (Lipinski definition) is 0. The van der Waals surface area contributed by atoms with Crippen molar-refractivity contribution in [1.82, 2.24) is 9.55 Å². The number of ketones is 1. The molecular formula is C22H24N2O3S2. The summed E-state index contributed by atoms with van der Waals surface area (Å²) in [5.41, 5.74) is 1.49. The molecule has 1 aromatic carbocycles. The molecule has 3 rings (SSSR count). The molecule has 2 heterocycles. The highest BCUT2D eigenvalue weighted by Crippen LogP contribution is 2.30. The number of allylic oxidation sites excluding steroid dienone is 1. The number of benzene rings is 1. The van der Waals surface area contributed by atoms with Crippen LogP contribution in [0.3, 0.4) is 0 Å². The van der Waals surface area contributed by atoms with Gasteiger partial charge in [-0.05, 0) is 57.5 Å². The van der Waals surface area contributed by atoms with Crippen LogP contribution >= 0.6 is 23.1 Å². The van der Waals surface area contributed by atoms with Crippen molar-refractivity contribution in [2.45, 2.75) is 44.6 Å². The second kappa shape index (κ2) is 8.97. The molecule has 0 aliphatic heterocycles. The minimum atomic E-state index is -0.393. The fraction of sp³-hybridized carbons (Fsp3) is 0.318. The lowest BCUT2D eigenvalue weighted by Gasteiger charge is -2.14. The minimum Gasteiger partial charge on any atom is -0.494 e. The van der Waals surface area contributed by atoms with Crippen LogP contribution in [0.2, 0.25) is 0 Å². The third-order valence-electron chi connectivity index (χ3n) is 4.67. The maximum absolute atomic E-state index is 13.1. The maximum Gasteiger partial charge on any atom is 0.263 e. The molecule has 0 saturated heterocycles. The van der Waals surface area contributed by atoms with Crippen LogP contribution in [-0.4, -0.2) is 27.2 Å². The van der Waals surface area contributed by atoms with Gasteiger partial charge < -0.3 is 4.74 Å². The van der Waals surface area contributed by atoms with Gasteiger partial charge >= 0.3 is 0 Å². The molecule has 0 aliphatic carbocycles. The van der Waals surface area contributed by atoms with Crippen molar-refractivity contribution < 1.29 is 9.53 Å². The number of ether oxygens (including phenoxy) is 1. The summed E-state index contributed by atoms with van der Waals surface area (Å²) in [5, 5.41) is 0.801. The molecule has 0 spiro atoms. The number of carbonyl (C=O) groups excluding carboxylic acids is 1. The van der Waals surface area contributed by atoms with E-state index in [2.05, 4.69) is 6.58 Å². The number of carbonyl (C=O) groups is 1. The standard InChI is InChI=1S/C22H24N2O3S2/c1-6-12-24-21(26)18-13(3)14(4)28-20(18)23-22(24)29-15(5)19(25)16-8-10-17(11-9-16)27-7-2/h6,8-11,15H,1,7,12H2,2-5H3/t15-/m1/s1. The molecular weight excluding hydrogens is 404 g/mol. The van der Waals surface area contributed by atoms with Crippen LogP contribution in [0.15, 0.2) is 46.9 Å². The van der Waals surface area contributed by atoms with Crippen molar-refractivity contribution >= 4 is 39.1 Å². The molecule has 0 fully saturated rings. The maximum atomic E-state index is 13.1. The van der Waals surface area contributed by atoms with Crippen molar-refractivity contribution in [2.75, 3.05) is 6.61 Å². The van der Waals surface area contributed by atoms with Gasteiger partial charge in [-0.2, -0.15) is 0 Å². The van der Waals surface area contributed by atoms with Crippen LogP contribution in [0.1, 0.15) is 34.6 Å². The zero-order valence-electron chi connectivity index (χ0n) is 17.0. The average molecular weight is 429 g/mol. The van der Waals surface area contributed by atoms with Crippen LogP contribution in [-0.2, 0) is 6.54 Å². The van der Waals surface area contributed by atoms with Crippen molar-refractivity contribution in [3.8, 4) is 5.75 Å². The molecule has 0 N–H and O–H groups in total. The van der Waals surface area contributed by atoms with E-state index in [1.54, 1.807) is 34.9 Å². The van der Waals surface area contributed by atoms with E-state index in [4.69, 9.17) is 9.72 Å². The summed E-state index contributed by atoms with van der Waals surface area (Å²) in [6.07, 6.45) is 1.67. The van der Waals surface area contributed by atoms with Gasteiger partial charge in [-0.1, -0.05) is 17.8 Å². The molecule has 0 radical (unpaired) electrons. The van der Waals surface area contributed by atoms with E-state index in [1.807, 2.05) is 27.7 Å². The Hall–Kier alpha value is -2.38. The van der Waals surface area contributed by atoms with E-state index in [9.17, 15) is 9.59 Å². The normalized spacial score (nSPS) is 12.1. The number of nitrogens with zero attached hydrogens (tertiary/aromatic N) is 2. The Balaban J connectivity index is 1.93. The molecule has 2 aromatic heterocycles. The second-order valence-corrected chi connectivity index (χ2v) is 9.16. The smallest absolute Gasteiger partial charge is 0.263 e. The number of hydrogen-bond acceptors (Lipinski definition) is 6. The monoisotopic (exact) mass is 428 g/mol. The molecule has 0 saturated carbocycles. The fourth-order valence-electron chi connectivity index (χ4n) is 3.02. The number of aryl methyl sites for hydroxylation is 2. The van der Waals surface area contributed by atoms with Crippen LogP contribution in [0, 0.1) is 13.8 Å². The second-order valence-electron chi connectivity index (χ2n) is 6.64. The van der Waals surface area contributed by atoms with Crippen LogP contribution in [0.5, 0.6) is 5.75 Å². The lowest BCUT2D eigenvalue weighted by Crippen LogP contribution is -2.24. The highest BCUT2D eigenvalue weighted by molar-refractivity contribution is 8.00. The topological polar surface area (TPSA) is 61.2 Å². The number of rotatable bonds is 8. The molecule has 0 unspecified atom stereocenters. The van der Waals surface area contributed by atoms with Gasteiger partial charge in [0.05, 0.1) is 17.2 Å². The van der Waals surface area contributed by atoms with E-state index in [-0.39, 0.29) is 11.3 Å². The van der Waals surface area contributed by atoms with Crippen LogP contribution in [0.25, 0.3) is 10.2 Å². The molecule has 7 heteroatoms. The largest absolute Gasteiger partial charge is 0.494 e. The van der Waals surface area contributed by atoms with Crippen molar-refractivity contribution in [1.29, 1.82) is 0 Å². The van der Waals surface area contributed by atoms with E-state index < -0.39 is 5.25 Å². The fourth-order valence-corrected chi connectivity index (χ4v) is 5.08. The number of fused-ring (bicyclic) bond motifs is 1. The van der Waals surface area contributed by atoms with Crippen molar-refractivity contribution in [3.05, 3.63) is 63.3 Å². The van der Waals surface area contributed by atoms with E-state index in [0.29, 0.717) is 34.1 Å². The molecule has 3 aromatic rings. The first kappa shape index (κ1) is 21.3. The lowest BCUT2D eigenvalue weighted by atomic mass is 10.1. The van der Waals surface area contributed by atoms with Crippen molar-refractivity contribution in [3.63, 3.8) is 0 Å². The summed E-state index contributed by atoms with van der Waals surface area (Å²) in [6.45, 7) is 12.4. The SMILES string of the molecule is C=CCn1c(S[C@H](C)C(=O)c2ccc(OCC)cc2)nc2sc(C)c(C)c2c1=O. The summed E-state index contributed by atoms with van der Waals surface area (Å²) in [5.74, 6) is 0.718. The number of thioether (sulfide) groups is 1. The number of thiophene rings is 1. The Bertz CT molecular complexity index is 1110. The van der Waals surface area contributed by atoms with Gasteiger partial charge in [0.1, 0.15) is 10.6 Å². The molecule has 29 heavy (non-hydrogen) atoms. The zero-order valence-corrected chi connectivity index (χ0v) is 18.7. The third kappa shape index (κ3) is 4.31. The van der Waals surface area contributed by atoms with Crippen LogP contribution in [0.4, 0.5) is 0 Å². The first-order chi connectivity index (χ1) is 13.9. The first-order valence-corrected chi connectivity index (χ1v) is 11.1. The van der Waals surface area contributed by atoms with Gasteiger partial charge in [-0.3, -0.25) is 14.2 Å². The highest BCUT2D eigenvalue weighted by Gasteiger charge is 2.22. The Morgan fingerprint density at radius 2 is 2.03 bits per heavy atom. The molecule has 1 atom stereocenters. The molecule has 0 aliphatic rings. The average Bonchev–Trinajstić information content (AvgIpc) is 2.99. The summed E-state index contributed by atoms with van der Waals surface area (Å²) in [4.78, 5) is 32.5. The van der Waals surface area contributed by atoms with E-state index in [1.165, 1.54) is 23.1 Å². The zero-order chi connectivity index (χ0) is 21.1. The minimum absolute atomic E-state index is 0.0175. The Morgan fingerprint density at radius 1 is 1.34 bits per heavy atom. The lowest BCUT2D eigenvalue weighted by molar-refractivity contribution is 0.0994. The summed E-state index contributed by atoms with van der Waals surface area (Å²) in [6, 6.07) is 7.13. The Morgan fingerprint density at radius 3 is 2.66 bits per heavy atom. The molecule has 0 bridgehead atoms. The summed E-state index contributed by atoms with van der Waals surface area (Å²) >= 11 is 2.81. The highest BCUT2D eigenvalue weighted by atomic mass is 32.2. The quantitative estimate of drug-likeness (QED) is 0.218. The number of aromatic nitrogens is 2. The van der Waals surface area contributed by atoms with Gasteiger partial charge in [0, 0.05) is 17.0 Å². The van der Waals surface area contributed by atoms with Crippen LogP contribution < -0.4 is 10.3 Å².